The van der Waals surface area contributed by atoms with Crippen molar-refractivity contribution < 1.29 is 19.1 Å². The third kappa shape index (κ3) is 3.62. The quantitative estimate of drug-likeness (QED) is 0.824. The summed E-state index contributed by atoms with van der Waals surface area (Å²) in [7, 11) is 0. The molecule has 0 radical (unpaired) electrons. The Morgan fingerprint density at radius 2 is 1.93 bits per heavy atom. The number of fused-ring (bicyclic) bond motifs is 1. The van der Waals surface area contributed by atoms with Gasteiger partial charge in [0.15, 0.2) is 5.82 Å². The summed E-state index contributed by atoms with van der Waals surface area (Å²) >= 11 is 0. The highest BCUT2D eigenvalue weighted by Gasteiger charge is 2.39. The third-order valence-electron chi connectivity index (χ3n) is 5.43. The van der Waals surface area contributed by atoms with Crippen molar-refractivity contribution in [3.05, 3.63) is 51.7 Å². The van der Waals surface area contributed by atoms with E-state index in [1.807, 2.05) is 31.2 Å². The van der Waals surface area contributed by atoms with Gasteiger partial charge in [0.25, 0.3) is 0 Å². The van der Waals surface area contributed by atoms with E-state index < -0.39 is 29.9 Å². The lowest BCUT2D eigenvalue weighted by Gasteiger charge is -2.32. The molecule has 154 valence electrons. The van der Waals surface area contributed by atoms with Crippen LogP contribution >= 0.6 is 0 Å². The van der Waals surface area contributed by atoms with Crippen LogP contribution < -0.4 is 5.69 Å². The second kappa shape index (κ2) is 7.34. The van der Waals surface area contributed by atoms with Crippen molar-refractivity contribution >= 4 is 12.0 Å². The van der Waals surface area contributed by atoms with Crippen LogP contribution in [0, 0.1) is 6.92 Å². The van der Waals surface area contributed by atoms with Gasteiger partial charge in [-0.3, -0.25) is 14.3 Å². The number of nitrogens with zero attached hydrogens (tertiary/aromatic N) is 5. The van der Waals surface area contributed by atoms with Crippen molar-refractivity contribution in [2.75, 3.05) is 19.6 Å². The lowest BCUT2D eigenvalue weighted by atomic mass is 10.1. The highest BCUT2D eigenvalue weighted by Crippen LogP contribution is 2.23. The van der Waals surface area contributed by atoms with Crippen LogP contribution in [0.15, 0.2) is 29.1 Å². The summed E-state index contributed by atoms with van der Waals surface area (Å²) in [5, 5.41) is 13.7. The van der Waals surface area contributed by atoms with Gasteiger partial charge in [-0.2, -0.15) is 5.10 Å². The maximum Gasteiger partial charge on any atom is 0.407 e. The maximum atomic E-state index is 13.6. The first-order valence-corrected chi connectivity index (χ1v) is 9.48. The van der Waals surface area contributed by atoms with Gasteiger partial charge in [-0.25, -0.2) is 18.7 Å². The highest BCUT2D eigenvalue weighted by atomic mass is 19.1. The fourth-order valence-electron chi connectivity index (χ4n) is 3.84. The number of halogens is 1. The molecule has 1 fully saturated rings. The molecule has 9 nitrogen and oxygen atoms in total. The molecule has 1 aromatic carbocycles. The zero-order valence-electron chi connectivity index (χ0n) is 16.0. The number of carbonyl (C=O) groups is 2. The molecule has 2 aliphatic heterocycles. The van der Waals surface area contributed by atoms with E-state index >= 15 is 0 Å². The number of rotatable bonds is 3. The van der Waals surface area contributed by atoms with Crippen LogP contribution in [-0.2, 0) is 17.9 Å². The Hall–Kier alpha value is -3.17. The number of amides is 2. The first-order chi connectivity index (χ1) is 13.8. The molecule has 3 heterocycles. The number of carbonyl (C=O) groups excluding carboxylic acids is 1. The molecule has 29 heavy (non-hydrogen) atoms. The van der Waals surface area contributed by atoms with Crippen molar-refractivity contribution in [3.8, 4) is 0 Å². The van der Waals surface area contributed by atoms with E-state index in [0.29, 0.717) is 0 Å². The molecule has 10 heteroatoms. The lowest BCUT2D eigenvalue weighted by Crippen LogP contribution is -2.50. The number of hydrogen-bond donors (Lipinski definition) is 1. The SMILES string of the molecule is Cc1ccc(Cn2nc3n(c2=O)C(C(=O)N2CC[C@H](F)C2)CN(C(=O)O)C3)cc1. The Bertz CT molecular complexity index is 999. The molecule has 1 aromatic heterocycles. The molecule has 2 atom stereocenters. The highest BCUT2D eigenvalue weighted by molar-refractivity contribution is 5.82. The third-order valence-corrected chi connectivity index (χ3v) is 5.43. The fraction of sp³-hybridized carbons (Fsp3) is 0.474. The molecule has 2 aromatic rings. The smallest absolute Gasteiger partial charge is 0.407 e. The van der Waals surface area contributed by atoms with E-state index in [9.17, 15) is 23.9 Å². The van der Waals surface area contributed by atoms with Crippen molar-refractivity contribution in [2.45, 2.75) is 38.6 Å². The van der Waals surface area contributed by atoms with Crippen LogP contribution in [0.25, 0.3) is 0 Å². The normalized spacial score (nSPS) is 21.3. The van der Waals surface area contributed by atoms with E-state index in [1.54, 1.807) is 0 Å². The van der Waals surface area contributed by atoms with Crippen LogP contribution in [0.5, 0.6) is 0 Å². The Morgan fingerprint density at radius 3 is 2.55 bits per heavy atom. The van der Waals surface area contributed by atoms with Gasteiger partial charge in [0.1, 0.15) is 12.2 Å². The van der Waals surface area contributed by atoms with Gasteiger partial charge < -0.3 is 10.0 Å². The van der Waals surface area contributed by atoms with Gasteiger partial charge in [-0.05, 0) is 18.9 Å². The number of hydrogen-bond acceptors (Lipinski definition) is 4. The first-order valence-electron chi connectivity index (χ1n) is 9.48. The molecule has 0 aliphatic carbocycles. The van der Waals surface area contributed by atoms with Crippen LogP contribution in [0.1, 0.15) is 29.4 Å². The topological polar surface area (TPSA) is 101 Å². The number of alkyl halides is 1. The number of aromatic nitrogens is 3. The van der Waals surface area contributed by atoms with E-state index in [1.165, 1.54) is 14.1 Å². The number of carboxylic acid groups (broad SMARTS) is 1. The van der Waals surface area contributed by atoms with E-state index in [4.69, 9.17) is 0 Å². The van der Waals surface area contributed by atoms with Crippen LogP contribution in [0.2, 0.25) is 0 Å². The number of aryl methyl sites for hydroxylation is 1. The number of benzene rings is 1. The Morgan fingerprint density at radius 1 is 1.21 bits per heavy atom. The van der Waals surface area contributed by atoms with Gasteiger partial charge in [0, 0.05) is 6.54 Å². The summed E-state index contributed by atoms with van der Waals surface area (Å²) in [6.45, 7) is 2.15. The molecule has 1 N–H and O–H groups in total. The van der Waals surface area contributed by atoms with E-state index in [0.717, 1.165) is 16.0 Å². The van der Waals surface area contributed by atoms with Crippen LogP contribution in [-0.4, -0.2) is 67.1 Å². The van der Waals surface area contributed by atoms with Crippen molar-refractivity contribution in [2.24, 2.45) is 0 Å². The standard InChI is InChI=1S/C19H22FN5O4/c1-12-2-4-13(5-3-12)8-24-18(27)25-15(17(26)22-7-6-14(20)9-22)10-23(19(28)29)11-16(25)21-24/h2-5,14-15H,6-11H2,1H3,(H,28,29)/t14-,15?/m0/s1. The average Bonchev–Trinajstić information content (AvgIpc) is 3.26. The summed E-state index contributed by atoms with van der Waals surface area (Å²) in [6, 6.07) is 6.58. The predicted molar refractivity (Wildman–Crippen MR) is 100 cm³/mol. The van der Waals surface area contributed by atoms with Crippen molar-refractivity contribution in [3.63, 3.8) is 0 Å². The molecular weight excluding hydrogens is 381 g/mol. The van der Waals surface area contributed by atoms with Crippen molar-refractivity contribution in [1.82, 2.24) is 24.1 Å². The van der Waals surface area contributed by atoms with Crippen LogP contribution in [0.4, 0.5) is 9.18 Å². The first kappa shape index (κ1) is 19.2. The van der Waals surface area contributed by atoms with E-state index in [2.05, 4.69) is 5.10 Å². The minimum atomic E-state index is -1.20. The molecule has 0 bridgehead atoms. The monoisotopic (exact) mass is 403 g/mol. The minimum Gasteiger partial charge on any atom is -0.465 e. The second-order valence-corrected chi connectivity index (χ2v) is 7.56. The van der Waals surface area contributed by atoms with Gasteiger partial charge in [0.05, 0.1) is 26.2 Å². The molecular formula is C19H22FN5O4. The summed E-state index contributed by atoms with van der Waals surface area (Å²) < 4.78 is 16.1. The zero-order chi connectivity index (χ0) is 20.7. The Labute approximate surface area is 165 Å². The molecule has 4 rings (SSSR count). The largest absolute Gasteiger partial charge is 0.465 e. The van der Waals surface area contributed by atoms with E-state index in [-0.39, 0.29) is 45.0 Å². The van der Waals surface area contributed by atoms with Gasteiger partial charge >= 0.3 is 11.8 Å². The summed E-state index contributed by atoms with van der Waals surface area (Å²) in [5.41, 5.74) is 1.48. The summed E-state index contributed by atoms with van der Waals surface area (Å²) in [6.07, 6.45) is -2.05. The molecule has 0 spiro atoms. The summed E-state index contributed by atoms with van der Waals surface area (Å²) in [5.74, 6) is -0.237. The van der Waals surface area contributed by atoms with Gasteiger partial charge in [0.2, 0.25) is 5.91 Å². The molecule has 0 saturated carbocycles. The van der Waals surface area contributed by atoms with Gasteiger partial charge in [-0.15, -0.1) is 0 Å². The van der Waals surface area contributed by atoms with Crippen LogP contribution in [0.3, 0.4) is 0 Å². The molecule has 1 unspecified atom stereocenters. The summed E-state index contributed by atoms with van der Waals surface area (Å²) in [4.78, 5) is 39.9. The van der Waals surface area contributed by atoms with Crippen molar-refractivity contribution in [1.29, 1.82) is 0 Å². The lowest BCUT2D eigenvalue weighted by molar-refractivity contribution is -0.135. The molecule has 2 aliphatic rings. The average molecular weight is 403 g/mol. The Kier molecular flexibility index (Phi) is 4.85. The minimum absolute atomic E-state index is 0.0377. The zero-order valence-corrected chi connectivity index (χ0v) is 16.0. The second-order valence-electron chi connectivity index (χ2n) is 7.56. The van der Waals surface area contributed by atoms with Gasteiger partial charge in [-0.1, -0.05) is 29.8 Å². The maximum absolute atomic E-state index is 13.6. The molecule has 1 saturated heterocycles. The fourth-order valence-corrected chi connectivity index (χ4v) is 3.84. The molecule has 2 amide bonds. The number of likely N-dealkylation sites (tertiary alicyclic amines) is 1. The predicted octanol–water partition coefficient (Wildman–Crippen LogP) is 1.01. The Balaban J connectivity index is 1.68.